The van der Waals surface area contributed by atoms with Gasteiger partial charge in [-0.2, -0.15) is 35.4 Å². The Morgan fingerprint density at radius 1 is 1.06 bits per heavy atom. The molecule has 1 aliphatic carbocycles. The van der Waals surface area contributed by atoms with Crippen LogP contribution in [0.4, 0.5) is 26.3 Å². The summed E-state index contributed by atoms with van der Waals surface area (Å²) in [7, 11) is -3.72. The molecule has 3 rings (SSSR count). The van der Waals surface area contributed by atoms with Crippen molar-refractivity contribution >= 4 is 10.0 Å². The monoisotopic (exact) mass is 499 g/mol. The van der Waals surface area contributed by atoms with Crippen molar-refractivity contribution in [3.8, 4) is 11.4 Å². The summed E-state index contributed by atoms with van der Waals surface area (Å²) in [6.07, 6.45) is -3.74. The number of hydrogen-bond donors (Lipinski definition) is 0. The molecule has 0 saturated heterocycles. The van der Waals surface area contributed by atoms with Gasteiger partial charge in [0.05, 0.1) is 4.90 Å². The van der Waals surface area contributed by atoms with Crippen molar-refractivity contribution in [2.24, 2.45) is 5.92 Å². The maximum atomic E-state index is 12.7. The second-order valence-electron chi connectivity index (χ2n) is 8.16. The summed E-state index contributed by atoms with van der Waals surface area (Å²) in [6.45, 7) is -3.17. The third kappa shape index (κ3) is 6.88. The summed E-state index contributed by atoms with van der Waals surface area (Å²) in [4.78, 5) is -0.0970. The molecule has 1 heterocycles. The predicted octanol–water partition coefficient (Wildman–Crippen LogP) is 4.21. The van der Waals surface area contributed by atoms with Gasteiger partial charge in [0, 0.05) is 12.6 Å². The molecule has 0 aliphatic heterocycles. The number of tetrazole rings is 1. The molecule has 0 radical (unpaired) electrons. The molecule has 1 aromatic heterocycles. The van der Waals surface area contributed by atoms with Crippen LogP contribution in [-0.2, 0) is 23.0 Å². The van der Waals surface area contributed by atoms with Gasteiger partial charge in [-0.1, -0.05) is 38.2 Å². The third-order valence-corrected chi connectivity index (χ3v) is 7.24. The maximum Gasteiger partial charge on any atom is 0.409 e. The fourth-order valence-corrected chi connectivity index (χ4v) is 5.08. The molecule has 184 valence electrons. The lowest BCUT2D eigenvalue weighted by Crippen LogP contribution is -2.35. The first-order valence-corrected chi connectivity index (χ1v) is 11.7. The molecule has 1 fully saturated rings. The van der Waals surface area contributed by atoms with E-state index in [1.807, 2.05) is 0 Å². The summed E-state index contributed by atoms with van der Waals surface area (Å²) < 4.78 is 102. The Bertz CT molecular complexity index is 1060. The number of sulfonamides is 1. The van der Waals surface area contributed by atoms with Crippen molar-refractivity contribution in [3.05, 3.63) is 23.8 Å². The van der Waals surface area contributed by atoms with E-state index < -0.39 is 40.4 Å². The molecule has 0 atom stereocenters. The first-order valence-electron chi connectivity index (χ1n) is 10.3. The van der Waals surface area contributed by atoms with Crippen molar-refractivity contribution in [3.63, 3.8) is 0 Å². The molecule has 0 amide bonds. The highest BCUT2D eigenvalue weighted by Gasteiger charge is 2.35. The quantitative estimate of drug-likeness (QED) is 0.534. The minimum Gasteiger partial charge on any atom is -0.207 e. The average molecular weight is 499 g/mol. The number of nitrogens with zero attached hydrogens (tertiary/aromatic N) is 5. The van der Waals surface area contributed by atoms with E-state index in [0.29, 0.717) is 16.8 Å². The zero-order valence-corrected chi connectivity index (χ0v) is 18.5. The van der Waals surface area contributed by atoms with Gasteiger partial charge in [-0.25, -0.2) is 8.42 Å². The third-order valence-electron chi connectivity index (χ3n) is 5.44. The Labute approximate surface area is 186 Å². The van der Waals surface area contributed by atoms with Crippen LogP contribution in [0.5, 0.6) is 0 Å². The average Bonchev–Trinajstić information content (AvgIpc) is 3.14. The molecule has 0 unspecified atom stereocenters. The number of halogens is 6. The van der Waals surface area contributed by atoms with E-state index >= 15 is 0 Å². The van der Waals surface area contributed by atoms with Crippen molar-refractivity contribution in [2.45, 2.75) is 62.3 Å². The van der Waals surface area contributed by atoms with Gasteiger partial charge in [-0.15, -0.1) is 10.2 Å². The van der Waals surface area contributed by atoms with Crippen molar-refractivity contribution in [1.82, 2.24) is 24.5 Å². The number of benzene rings is 1. The van der Waals surface area contributed by atoms with Crippen LogP contribution in [0.2, 0.25) is 0 Å². The Kier molecular flexibility index (Phi) is 7.36. The highest BCUT2D eigenvalue weighted by Crippen LogP contribution is 2.32. The summed E-state index contributed by atoms with van der Waals surface area (Å²) in [5.41, 5.74) is 0.737. The summed E-state index contributed by atoms with van der Waals surface area (Å²) in [5.74, 6) is 0.0682. The summed E-state index contributed by atoms with van der Waals surface area (Å²) in [5, 5.41) is 10.8. The van der Waals surface area contributed by atoms with Crippen molar-refractivity contribution < 1.29 is 34.8 Å². The van der Waals surface area contributed by atoms with Crippen molar-refractivity contribution in [1.29, 1.82) is 0 Å². The molecule has 33 heavy (non-hydrogen) atoms. The van der Waals surface area contributed by atoms with E-state index in [4.69, 9.17) is 0 Å². The molecule has 1 saturated carbocycles. The highest BCUT2D eigenvalue weighted by molar-refractivity contribution is 7.89. The lowest BCUT2D eigenvalue weighted by molar-refractivity contribution is -0.145. The van der Waals surface area contributed by atoms with Gasteiger partial charge in [0.15, 0.2) is 6.54 Å². The molecular formula is C19H23F6N5O2S. The van der Waals surface area contributed by atoms with Gasteiger partial charge in [-0.05, 0) is 35.2 Å². The van der Waals surface area contributed by atoms with Crippen LogP contribution < -0.4 is 0 Å². The second kappa shape index (κ2) is 9.57. The zero-order valence-electron chi connectivity index (χ0n) is 17.7. The molecule has 0 bridgehead atoms. The number of aromatic nitrogens is 4. The molecule has 14 heteroatoms. The summed E-state index contributed by atoms with van der Waals surface area (Å²) >= 11 is 0. The second-order valence-corrected chi connectivity index (χ2v) is 10.2. The Morgan fingerprint density at radius 2 is 1.73 bits per heavy atom. The van der Waals surface area contributed by atoms with E-state index in [1.165, 1.54) is 12.1 Å². The molecule has 0 spiro atoms. The fraction of sp³-hybridized carbons (Fsp3) is 0.632. The lowest BCUT2D eigenvalue weighted by Gasteiger charge is -2.23. The molecule has 0 N–H and O–H groups in total. The highest BCUT2D eigenvalue weighted by atomic mass is 32.2. The zero-order chi connectivity index (χ0) is 24.4. The van der Waals surface area contributed by atoms with E-state index in [0.717, 1.165) is 45.2 Å². The molecule has 2 aromatic rings. The first kappa shape index (κ1) is 25.4. The van der Waals surface area contributed by atoms with Crippen LogP contribution in [0.3, 0.4) is 0 Å². The van der Waals surface area contributed by atoms with Gasteiger partial charge < -0.3 is 0 Å². The normalized spacial score (nSPS) is 16.5. The Morgan fingerprint density at radius 3 is 2.33 bits per heavy atom. The van der Waals surface area contributed by atoms with Gasteiger partial charge in [-0.3, -0.25) is 0 Å². The number of alkyl halides is 6. The minimum atomic E-state index is -4.74. The van der Waals surface area contributed by atoms with E-state index in [-0.39, 0.29) is 21.6 Å². The van der Waals surface area contributed by atoms with E-state index in [9.17, 15) is 34.8 Å². The number of hydrogen-bond acceptors (Lipinski definition) is 5. The minimum absolute atomic E-state index is 0.135. The maximum absolute atomic E-state index is 12.7. The summed E-state index contributed by atoms with van der Waals surface area (Å²) in [6, 6.07) is 3.77. The smallest absolute Gasteiger partial charge is 0.207 e. The predicted molar refractivity (Wildman–Crippen MR) is 105 cm³/mol. The van der Waals surface area contributed by atoms with Crippen LogP contribution in [-0.4, -0.2) is 58.9 Å². The van der Waals surface area contributed by atoms with Crippen LogP contribution in [0.15, 0.2) is 23.1 Å². The fourth-order valence-electron chi connectivity index (χ4n) is 3.90. The van der Waals surface area contributed by atoms with Gasteiger partial charge in [0.2, 0.25) is 15.8 Å². The van der Waals surface area contributed by atoms with Crippen LogP contribution in [0.25, 0.3) is 11.4 Å². The molecule has 7 nitrogen and oxygen atoms in total. The lowest BCUT2D eigenvalue weighted by atomic mass is 9.84. The Balaban J connectivity index is 1.99. The Hall–Kier alpha value is -2.22. The topological polar surface area (TPSA) is 81.0 Å². The van der Waals surface area contributed by atoms with Gasteiger partial charge >= 0.3 is 12.4 Å². The van der Waals surface area contributed by atoms with Gasteiger partial charge in [0.25, 0.3) is 0 Å². The largest absolute Gasteiger partial charge is 0.409 e. The first-order chi connectivity index (χ1) is 15.2. The molecule has 1 aromatic carbocycles. The standard InChI is InChI=1S/C19H23F6N5O2S/c1-29(11-18(20,21)22)33(31,32)15-8-7-14(9-13-5-3-2-4-6-13)16(10-15)17-26-28-30(27-17)12-19(23,24)25/h7-8,10,13H,2-6,9,11-12H2,1H3. The van der Waals surface area contributed by atoms with Crippen molar-refractivity contribution in [2.75, 3.05) is 13.6 Å². The van der Waals surface area contributed by atoms with Crippen LogP contribution in [0.1, 0.15) is 37.7 Å². The van der Waals surface area contributed by atoms with Gasteiger partial charge in [0.1, 0.15) is 6.54 Å². The van der Waals surface area contributed by atoms with Crippen LogP contribution >= 0.6 is 0 Å². The number of rotatable bonds is 7. The molecular weight excluding hydrogens is 476 g/mol. The molecule has 1 aliphatic rings. The van der Waals surface area contributed by atoms with Crippen LogP contribution in [0, 0.1) is 5.92 Å². The SMILES string of the molecule is CN(CC(F)(F)F)S(=O)(=O)c1ccc(CC2CCCCC2)c(-c2nnn(CC(F)(F)F)n2)c1. The van der Waals surface area contributed by atoms with E-state index in [1.54, 1.807) is 0 Å². The van der Waals surface area contributed by atoms with E-state index in [2.05, 4.69) is 15.4 Å².